The van der Waals surface area contributed by atoms with Crippen LogP contribution in [-0.4, -0.2) is 59.1 Å². The SMILES string of the molecule is O=S(=O)([O-])[O-].O=S(O)O.O[Si](O)(O)O.[Na+].[Na+]. The zero-order valence-corrected chi connectivity index (χ0v) is 14.7. The van der Waals surface area contributed by atoms with Crippen LogP contribution in [0.2, 0.25) is 0 Å². The van der Waals surface area contributed by atoms with Gasteiger partial charge < -0.3 is 28.3 Å². The van der Waals surface area contributed by atoms with Crippen molar-refractivity contribution in [2.24, 2.45) is 0 Å². The summed E-state index contributed by atoms with van der Waals surface area (Å²) < 4.78 is 56.9. The van der Waals surface area contributed by atoms with Crippen LogP contribution in [0.3, 0.4) is 0 Å². The van der Waals surface area contributed by atoms with Crippen molar-refractivity contribution in [3.8, 4) is 0 Å². The third-order valence-electron chi connectivity index (χ3n) is 0. The molecule has 0 fully saturated rings. The first kappa shape index (κ1) is 30.8. The van der Waals surface area contributed by atoms with Gasteiger partial charge in [0.25, 0.3) is 11.4 Å². The first-order chi connectivity index (χ1) is 5.73. The first-order valence-corrected chi connectivity index (χ1v) is 6.28. The van der Waals surface area contributed by atoms with Crippen LogP contribution in [0, 0.1) is 0 Å². The molecule has 0 radical (unpaired) electrons. The summed E-state index contributed by atoms with van der Waals surface area (Å²) in [5, 5.41) is 0. The van der Waals surface area contributed by atoms with E-state index in [4.69, 9.17) is 50.0 Å². The van der Waals surface area contributed by atoms with Crippen LogP contribution in [0.4, 0.5) is 0 Å². The molecule has 0 bridgehead atoms. The third-order valence-corrected chi connectivity index (χ3v) is 0. The molecule has 16 heteroatoms. The molecule has 16 heavy (non-hydrogen) atoms. The molecular weight excluding hydrogens is 314 g/mol. The topological polar surface area (TPSA) is 219 Å². The molecule has 90 valence electrons. The Morgan fingerprint density at radius 2 is 0.938 bits per heavy atom. The molecule has 0 aromatic heterocycles. The normalized spacial score (nSPS) is 9.56. The summed E-state index contributed by atoms with van der Waals surface area (Å²) in [6.45, 7) is 0. The second kappa shape index (κ2) is 15.1. The Morgan fingerprint density at radius 3 is 0.938 bits per heavy atom. The summed E-state index contributed by atoms with van der Waals surface area (Å²) >= 11 is -2.61. The van der Waals surface area contributed by atoms with Crippen molar-refractivity contribution in [3.63, 3.8) is 0 Å². The third kappa shape index (κ3) is 902. The summed E-state index contributed by atoms with van der Waals surface area (Å²) in [7, 11) is -9.78. The minimum absolute atomic E-state index is 0. The monoisotopic (exact) mass is 320 g/mol. The van der Waals surface area contributed by atoms with E-state index in [-0.39, 0.29) is 59.1 Å². The van der Waals surface area contributed by atoms with E-state index in [1.807, 2.05) is 0 Å². The van der Waals surface area contributed by atoms with Crippen molar-refractivity contribution in [2.45, 2.75) is 0 Å². The first-order valence-electron chi connectivity index (χ1n) is 2.09. The maximum absolute atomic E-state index is 8.67. The fraction of sp³-hybridized carbons (Fsp3) is 0. The molecular formula is H6Na2O11S2Si. The van der Waals surface area contributed by atoms with Gasteiger partial charge >= 0.3 is 68.2 Å². The minimum Gasteiger partial charge on any atom is -0.759 e. The zero-order chi connectivity index (χ0) is 12.6. The molecule has 0 aliphatic carbocycles. The van der Waals surface area contributed by atoms with Crippen LogP contribution in [0.15, 0.2) is 0 Å². The van der Waals surface area contributed by atoms with Gasteiger partial charge in [-0.15, -0.1) is 0 Å². The van der Waals surface area contributed by atoms with Crippen LogP contribution in [0.25, 0.3) is 0 Å². The van der Waals surface area contributed by atoms with Crippen molar-refractivity contribution in [1.82, 2.24) is 0 Å². The van der Waals surface area contributed by atoms with E-state index in [0.717, 1.165) is 0 Å². The Morgan fingerprint density at radius 1 is 0.938 bits per heavy atom. The zero-order valence-electron chi connectivity index (χ0n) is 8.04. The molecule has 0 saturated carbocycles. The van der Waals surface area contributed by atoms with Gasteiger partial charge in [0.1, 0.15) is 0 Å². The van der Waals surface area contributed by atoms with E-state index in [1.54, 1.807) is 0 Å². The van der Waals surface area contributed by atoms with E-state index in [1.165, 1.54) is 0 Å². The van der Waals surface area contributed by atoms with E-state index >= 15 is 0 Å². The predicted octanol–water partition coefficient (Wildman–Crippen LogP) is -10.3. The maximum atomic E-state index is 8.67. The molecule has 11 nitrogen and oxygen atoms in total. The molecule has 0 aliphatic rings. The largest absolute Gasteiger partial charge is 1.00 e. The van der Waals surface area contributed by atoms with Crippen molar-refractivity contribution in [3.05, 3.63) is 0 Å². The van der Waals surface area contributed by atoms with Crippen LogP contribution in [0.5, 0.6) is 0 Å². The van der Waals surface area contributed by atoms with Gasteiger partial charge in [-0.1, -0.05) is 0 Å². The molecule has 0 aliphatic heterocycles. The van der Waals surface area contributed by atoms with Crippen molar-refractivity contribution in [1.29, 1.82) is 0 Å². The van der Waals surface area contributed by atoms with Gasteiger partial charge in [0.15, 0.2) is 0 Å². The second-order valence-electron chi connectivity index (χ2n) is 1.24. The summed E-state index contributed by atoms with van der Waals surface area (Å²) in [6.07, 6.45) is 0. The average Bonchev–Trinajstić information content (AvgIpc) is 1.45. The summed E-state index contributed by atoms with van der Waals surface area (Å²) in [4.78, 5) is 29.3. The van der Waals surface area contributed by atoms with Gasteiger partial charge in [-0.05, 0) is 0 Å². The summed E-state index contributed by atoms with van der Waals surface area (Å²) in [5.74, 6) is 0. The molecule has 0 saturated heterocycles. The van der Waals surface area contributed by atoms with Crippen LogP contribution in [0.1, 0.15) is 0 Å². The number of rotatable bonds is 0. The van der Waals surface area contributed by atoms with Crippen LogP contribution < -0.4 is 59.1 Å². The molecule has 0 atom stereocenters. The minimum atomic E-state index is -5.17. The molecule has 0 amide bonds. The van der Waals surface area contributed by atoms with E-state index in [2.05, 4.69) is 0 Å². The van der Waals surface area contributed by atoms with Crippen molar-refractivity contribution >= 4 is 30.8 Å². The van der Waals surface area contributed by atoms with E-state index in [9.17, 15) is 0 Å². The average molecular weight is 320 g/mol. The number of hydrogen-bond acceptors (Lipinski definition) is 9. The van der Waals surface area contributed by atoms with E-state index < -0.39 is 30.8 Å². The Labute approximate surface area is 138 Å². The quantitative estimate of drug-likeness (QED) is 0.106. The number of hydrogen-bond donors (Lipinski definition) is 6. The molecule has 6 N–H and O–H groups in total. The second-order valence-corrected chi connectivity index (χ2v) is 3.72. The van der Waals surface area contributed by atoms with Crippen LogP contribution in [-0.2, 0) is 21.8 Å². The molecule has 0 rings (SSSR count). The molecule has 0 heterocycles. The maximum Gasteiger partial charge on any atom is 1.00 e. The Bertz CT molecular complexity index is 221. The van der Waals surface area contributed by atoms with Crippen molar-refractivity contribution < 1.29 is 109 Å². The summed E-state index contributed by atoms with van der Waals surface area (Å²) in [5.41, 5.74) is 0. The Hall–Kier alpha value is 2.00. The van der Waals surface area contributed by atoms with Gasteiger partial charge in [-0.3, -0.25) is 17.5 Å². The van der Waals surface area contributed by atoms with Gasteiger partial charge in [-0.2, -0.15) is 4.21 Å². The molecule has 0 aromatic carbocycles. The molecule has 0 aromatic rings. The van der Waals surface area contributed by atoms with Gasteiger partial charge in [0.05, 0.1) is 0 Å². The van der Waals surface area contributed by atoms with Crippen LogP contribution >= 0.6 is 0 Å². The fourth-order valence-corrected chi connectivity index (χ4v) is 0. The smallest absolute Gasteiger partial charge is 0.759 e. The Balaban J connectivity index is -0.0000000358. The predicted molar refractivity (Wildman–Crippen MR) is 38.5 cm³/mol. The van der Waals surface area contributed by atoms with Gasteiger partial charge in [-0.25, -0.2) is 0 Å². The van der Waals surface area contributed by atoms with E-state index in [0.29, 0.717) is 0 Å². The Kier molecular flexibility index (Phi) is 29.0. The van der Waals surface area contributed by atoms with Gasteiger partial charge in [0, 0.05) is 10.4 Å². The van der Waals surface area contributed by atoms with Crippen molar-refractivity contribution in [2.75, 3.05) is 0 Å². The fourth-order valence-electron chi connectivity index (χ4n) is 0. The standard InChI is InChI=1S/2Na.H2O4S.H4O4Si.H2O3S/c;;2*1-5(2,3)4;1-4(2)3/h;;(H2,1,2,3,4);1-4H;(H2,1,2,3)/q2*+1;;;/p-2. The molecule has 0 unspecified atom stereocenters. The summed E-state index contributed by atoms with van der Waals surface area (Å²) in [6, 6.07) is 0. The van der Waals surface area contributed by atoms with Gasteiger partial charge in [0.2, 0.25) is 0 Å². The molecule has 0 spiro atoms.